The molecule has 22 nitrogen and oxygen atoms in total. The number of aromatic nitrogens is 2. The molecule has 2 bridgehead atoms. The largest absolute Gasteiger partial charge is 0.505 e. The molecule has 0 unspecified atom stereocenters. The number of carbonyl (C=O) groups excluding carboxylic acids is 10. The normalized spacial score (nSPS) is 22.8. The minimum atomic E-state index is -1.53. The van der Waals surface area contributed by atoms with E-state index in [0.717, 1.165) is 31.4 Å². The molecule has 2 aromatic heterocycles. The molecule has 6 rings (SSSR count). The number of carbonyl (C=O) groups is 10. The highest BCUT2D eigenvalue weighted by atomic mass is 33.1. The van der Waals surface area contributed by atoms with Gasteiger partial charge in [-0.1, -0.05) is 81.5 Å². The maximum Gasteiger partial charge on any atom is 0.274 e. The highest BCUT2D eigenvalue weighted by Gasteiger charge is 2.39. The predicted octanol–water partition coefficient (Wildman–Crippen LogP) is 1.29. The molecule has 2 aromatic carbocycles. The summed E-state index contributed by atoms with van der Waals surface area (Å²) in [5.41, 5.74) is -0.102. The van der Waals surface area contributed by atoms with Gasteiger partial charge >= 0.3 is 0 Å². The van der Waals surface area contributed by atoms with Crippen LogP contribution in [0, 0.1) is 0 Å². The first-order valence-corrected chi connectivity index (χ1v) is 30.5. The summed E-state index contributed by atoms with van der Waals surface area (Å²) >= 11 is 3.71. The van der Waals surface area contributed by atoms with Gasteiger partial charge in [0.15, 0.2) is 11.4 Å². The van der Waals surface area contributed by atoms with Crippen LogP contribution in [-0.4, -0.2) is 222 Å². The summed E-state index contributed by atoms with van der Waals surface area (Å²) in [6, 6.07) is 8.07. The minimum Gasteiger partial charge on any atom is -0.505 e. The summed E-state index contributed by atoms with van der Waals surface area (Å²) in [5, 5.41) is 31.6. The zero-order valence-electron chi connectivity index (χ0n) is 42.0. The molecular weight excluding hydrogens is 1100 g/mol. The van der Waals surface area contributed by atoms with Crippen molar-refractivity contribution in [1.29, 1.82) is 0 Å². The molecule has 406 valence electrons. The van der Waals surface area contributed by atoms with Crippen molar-refractivity contribution in [3.63, 3.8) is 0 Å². The smallest absolute Gasteiger partial charge is 0.274 e. The first kappa shape index (κ1) is 59.3. The van der Waals surface area contributed by atoms with Crippen molar-refractivity contribution in [3.05, 3.63) is 72.1 Å². The van der Waals surface area contributed by atoms with Crippen LogP contribution in [0.2, 0.25) is 0 Å². The van der Waals surface area contributed by atoms with E-state index < -0.39 is 141 Å². The molecule has 0 spiro atoms. The molecular formula is C48H56N10O12S6. The van der Waals surface area contributed by atoms with Gasteiger partial charge in [-0.05, 0) is 36.8 Å². The van der Waals surface area contributed by atoms with Crippen LogP contribution in [0.15, 0.2) is 60.7 Å². The fraction of sp³-hybridized carbons (Fsp3) is 0.417. The Morgan fingerprint density at radius 3 is 1.33 bits per heavy atom. The molecule has 0 radical (unpaired) electrons. The number of amides is 8. The van der Waals surface area contributed by atoms with Crippen molar-refractivity contribution in [2.75, 3.05) is 88.3 Å². The number of thioether (sulfide) groups is 4. The number of hydrogen-bond donors (Lipinski definition) is 6. The van der Waals surface area contributed by atoms with E-state index in [1.807, 2.05) is 0 Å². The molecule has 6 N–H and O–H groups in total. The van der Waals surface area contributed by atoms with Crippen LogP contribution in [0.3, 0.4) is 0 Å². The molecule has 2 fully saturated rings. The summed E-state index contributed by atoms with van der Waals surface area (Å²) in [7, 11) is 7.60. The van der Waals surface area contributed by atoms with Crippen molar-refractivity contribution in [1.82, 2.24) is 50.8 Å². The van der Waals surface area contributed by atoms with Gasteiger partial charge in [0.05, 0.1) is 24.1 Å². The Hall–Kier alpha value is -5.94. The van der Waals surface area contributed by atoms with Gasteiger partial charge in [-0.3, -0.25) is 47.9 Å². The summed E-state index contributed by atoms with van der Waals surface area (Å²) in [6.07, 6.45) is 3.42. The number of para-hydroxylation sites is 2. The van der Waals surface area contributed by atoms with E-state index in [0.29, 0.717) is 45.3 Å². The maximum absolute atomic E-state index is 14.7. The number of nitrogens with zero attached hydrogens (tertiary/aromatic N) is 6. The lowest BCUT2D eigenvalue weighted by Crippen LogP contribution is -2.57. The van der Waals surface area contributed by atoms with E-state index in [1.54, 1.807) is 61.0 Å². The summed E-state index contributed by atoms with van der Waals surface area (Å²) < 4.78 is 0. The number of hydrogen-bond acceptors (Lipinski definition) is 20. The van der Waals surface area contributed by atoms with Gasteiger partial charge in [-0.2, -0.15) is 23.5 Å². The van der Waals surface area contributed by atoms with Crippen LogP contribution in [0.4, 0.5) is 0 Å². The number of likely N-dealkylation sites (N-methyl/N-ethyl adjacent to an activating group) is 4. The third-order valence-electron chi connectivity index (χ3n) is 12.3. The molecule has 76 heavy (non-hydrogen) atoms. The van der Waals surface area contributed by atoms with Crippen LogP contribution in [0.1, 0.15) is 21.0 Å². The van der Waals surface area contributed by atoms with Crippen LogP contribution in [0.25, 0.3) is 21.8 Å². The topological polar surface area (TPSA) is 298 Å². The molecule has 4 heterocycles. The fourth-order valence-corrected chi connectivity index (χ4v) is 13.9. The first-order chi connectivity index (χ1) is 36.2. The molecule has 0 aliphatic carbocycles. The molecule has 2 saturated heterocycles. The van der Waals surface area contributed by atoms with E-state index in [9.17, 15) is 58.2 Å². The Kier molecular flexibility index (Phi) is 21.4. The standard InChI is InChI=1S/C48H56N10O12S6/c1-55-31-23-75-76-24-32(46(68)58(4)34(22-72-6)48(70)74-19-29(41(63)49-17-37(55)61)53-43(65)39-35(59)15-25-11-7-9-13-27(25)51-39)56(2)38(62)18-50-42(64)30(20-73-47(69)33(21-71-5)57(3)45(31)67)54-44(66)40-36(60)16-26-12-8-10-14-28(26)52-40/h7-16,29-34,59-60H,17-24H2,1-6H3,(H,49,63)(H,50,64)(H,53,65)(H,54,66)/t29-,30-,31-,32+,33+,34+/m0/s1. The fourth-order valence-electron chi connectivity index (χ4n) is 7.75. The summed E-state index contributed by atoms with van der Waals surface area (Å²) in [4.78, 5) is 155. The molecule has 0 saturated carbocycles. The Bertz CT molecular complexity index is 2710. The van der Waals surface area contributed by atoms with Gasteiger partial charge in [0.1, 0.15) is 47.8 Å². The van der Waals surface area contributed by atoms with Crippen LogP contribution < -0.4 is 21.3 Å². The Morgan fingerprint density at radius 1 is 0.592 bits per heavy atom. The quantitative estimate of drug-likeness (QED) is 0.136. The molecule has 8 amide bonds. The third-order valence-corrected chi connectivity index (χ3v) is 18.1. The lowest BCUT2D eigenvalue weighted by Gasteiger charge is -2.35. The Balaban J connectivity index is 1.36. The average molecular weight is 1160 g/mol. The lowest BCUT2D eigenvalue weighted by molar-refractivity contribution is -0.144. The monoisotopic (exact) mass is 1160 g/mol. The van der Waals surface area contributed by atoms with Gasteiger partial charge in [0.25, 0.3) is 11.8 Å². The predicted molar refractivity (Wildman–Crippen MR) is 298 cm³/mol. The van der Waals surface area contributed by atoms with Crippen molar-refractivity contribution in [2.24, 2.45) is 0 Å². The molecule has 28 heteroatoms. The highest BCUT2D eigenvalue weighted by molar-refractivity contribution is 8.76. The van der Waals surface area contributed by atoms with Crippen molar-refractivity contribution >= 4 is 148 Å². The maximum atomic E-state index is 14.7. The third kappa shape index (κ3) is 14.5. The molecule has 4 aromatic rings. The zero-order valence-corrected chi connectivity index (χ0v) is 46.9. The van der Waals surface area contributed by atoms with Crippen LogP contribution in [0.5, 0.6) is 11.5 Å². The van der Waals surface area contributed by atoms with E-state index in [2.05, 4.69) is 31.2 Å². The number of rotatable bonds is 8. The van der Waals surface area contributed by atoms with Crippen LogP contribution >= 0.6 is 68.6 Å². The lowest BCUT2D eigenvalue weighted by atomic mass is 10.1. The SMILES string of the molecule is CSC[C@@H]1C(=O)SC[C@H](NC(=O)c2nc3ccccc3cc2O)C(=O)NCC(=O)N(C)[C@H]2CSSC[C@H](C(=O)N1C)N(C)C(=O)CNC(=O)[C@@H](NC(=O)c1nc3ccccc3cc1O)CSC(=O)[C@@H](CSC)N(C)C2=O. The average Bonchev–Trinajstić information content (AvgIpc) is 3.41. The number of aromatic hydroxyl groups is 2. The van der Waals surface area contributed by atoms with Gasteiger partial charge in [0.2, 0.25) is 45.7 Å². The van der Waals surface area contributed by atoms with E-state index in [1.165, 1.54) is 73.6 Å². The van der Waals surface area contributed by atoms with E-state index >= 15 is 0 Å². The van der Waals surface area contributed by atoms with E-state index in [4.69, 9.17) is 0 Å². The second-order valence-electron chi connectivity index (χ2n) is 17.3. The van der Waals surface area contributed by atoms with Gasteiger partial charge < -0.3 is 51.1 Å². The first-order valence-electron chi connectivity index (χ1n) is 23.2. The van der Waals surface area contributed by atoms with Gasteiger partial charge in [-0.25, -0.2) is 9.97 Å². The minimum absolute atomic E-state index is 0.0598. The highest BCUT2D eigenvalue weighted by Crippen LogP contribution is 2.30. The number of fused-ring (bicyclic) bond motifs is 7. The van der Waals surface area contributed by atoms with Crippen molar-refractivity contribution in [3.8, 4) is 11.5 Å². The van der Waals surface area contributed by atoms with E-state index in [-0.39, 0.29) is 23.0 Å². The van der Waals surface area contributed by atoms with Gasteiger partial charge in [0, 0.05) is 73.5 Å². The van der Waals surface area contributed by atoms with Crippen molar-refractivity contribution < 1.29 is 58.2 Å². The summed E-state index contributed by atoms with van der Waals surface area (Å²) in [6.45, 7) is -1.39. The summed E-state index contributed by atoms with van der Waals surface area (Å²) in [5.74, 6) is -8.66. The number of benzene rings is 2. The number of nitrogens with one attached hydrogen (secondary N) is 4. The molecule has 6 atom stereocenters. The molecule has 2 aliphatic rings. The second-order valence-corrected chi connectivity index (χ2v) is 23.7. The number of pyridine rings is 2. The Morgan fingerprint density at radius 2 is 0.961 bits per heavy atom. The van der Waals surface area contributed by atoms with Crippen LogP contribution in [-0.2, 0) is 38.4 Å². The zero-order chi connectivity index (χ0) is 55.4. The van der Waals surface area contributed by atoms with Gasteiger partial charge in [-0.15, -0.1) is 0 Å². The Labute approximate surface area is 462 Å². The van der Waals surface area contributed by atoms with Crippen molar-refractivity contribution in [2.45, 2.75) is 36.3 Å². The second kappa shape index (κ2) is 27.4. The molecule has 2 aliphatic heterocycles.